The Kier molecular flexibility index (Phi) is 3.18. The summed E-state index contributed by atoms with van der Waals surface area (Å²) in [5, 5.41) is 10.4. The molecule has 110 valence electrons. The number of halogens is 1. The van der Waals surface area contributed by atoms with Crippen molar-refractivity contribution < 1.29 is 19.1 Å². The zero-order chi connectivity index (χ0) is 15.4. The first-order chi connectivity index (χ1) is 9.89. The molecule has 1 aliphatic carbocycles. The number of Topliss-reactive ketones (excluding diaryl/α,β-unsaturated/α-hetero) is 1. The first kappa shape index (κ1) is 14.3. The third-order valence-corrected chi connectivity index (χ3v) is 5.27. The molecule has 0 aromatic heterocycles. The zero-order valence-corrected chi connectivity index (χ0v) is 12.2. The van der Waals surface area contributed by atoms with Gasteiger partial charge >= 0.3 is 0 Å². The summed E-state index contributed by atoms with van der Waals surface area (Å²) in [7, 11) is 0. The molecule has 1 amide bonds. The molecule has 0 bridgehead atoms. The van der Waals surface area contributed by atoms with Crippen molar-refractivity contribution in [1.82, 2.24) is 4.90 Å². The molecule has 1 aliphatic heterocycles. The van der Waals surface area contributed by atoms with E-state index in [9.17, 15) is 19.1 Å². The number of thioether (sulfide) groups is 1. The van der Waals surface area contributed by atoms with E-state index >= 15 is 0 Å². The molecule has 0 saturated carbocycles. The van der Waals surface area contributed by atoms with Gasteiger partial charge < -0.3 is 10.0 Å². The largest absolute Gasteiger partial charge is 0.376 e. The molecule has 2 atom stereocenters. The van der Waals surface area contributed by atoms with Crippen molar-refractivity contribution in [2.45, 2.75) is 24.2 Å². The summed E-state index contributed by atoms with van der Waals surface area (Å²) in [6.07, 6.45) is 0.00898. The van der Waals surface area contributed by atoms with Gasteiger partial charge in [-0.1, -0.05) is 24.4 Å². The highest BCUT2D eigenvalue weighted by molar-refractivity contribution is 8.04. The number of fused-ring (bicyclic) bond motifs is 1. The van der Waals surface area contributed by atoms with E-state index in [1.165, 1.54) is 17.0 Å². The van der Waals surface area contributed by atoms with Crippen LogP contribution in [0, 0.1) is 5.82 Å². The molecule has 1 saturated heterocycles. The number of benzene rings is 1. The number of hydrogen-bond donors (Lipinski definition) is 1. The fourth-order valence-corrected chi connectivity index (χ4v) is 4.19. The number of aliphatic hydroxyl groups is 1. The van der Waals surface area contributed by atoms with Crippen molar-refractivity contribution in [3.05, 3.63) is 46.8 Å². The van der Waals surface area contributed by atoms with Crippen LogP contribution in [0.4, 0.5) is 4.39 Å². The summed E-state index contributed by atoms with van der Waals surface area (Å²) in [5.74, 6) is -1.37. The fraction of sp³-hybridized carbons (Fsp3) is 0.333. The Bertz CT molecular complexity index is 675. The second kappa shape index (κ2) is 4.68. The number of amides is 1. The monoisotopic (exact) mass is 307 g/mol. The van der Waals surface area contributed by atoms with Crippen LogP contribution in [0.2, 0.25) is 0 Å². The smallest absolute Gasteiger partial charge is 0.244 e. The van der Waals surface area contributed by atoms with Gasteiger partial charge in [-0.15, -0.1) is 0 Å². The summed E-state index contributed by atoms with van der Waals surface area (Å²) < 4.78 is 13.5. The van der Waals surface area contributed by atoms with Crippen LogP contribution in [0.15, 0.2) is 29.8 Å². The van der Waals surface area contributed by atoms with Gasteiger partial charge in [-0.25, -0.2) is 4.39 Å². The van der Waals surface area contributed by atoms with Crippen LogP contribution >= 0.6 is 11.8 Å². The highest BCUT2D eigenvalue weighted by Crippen LogP contribution is 2.48. The predicted octanol–water partition coefficient (Wildman–Crippen LogP) is 1.57. The Hall–Kier alpha value is -1.66. The zero-order valence-electron chi connectivity index (χ0n) is 11.4. The van der Waals surface area contributed by atoms with Crippen molar-refractivity contribution in [2.75, 3.05) is 6.54 Å². The second-order valence-corrected chi connectivity index (χ2v) is 6.32. The van der Waals surface area contributed by atoms with E-state index in [1.54, 1.807) is 6.92 Å². The van der Waals surface area contributed by atoms with Crippen molar-refractivity contribution in [2.24, 2.45) is 0 Å². The topological polar surface area (TPSA) is 57.6 Å². The van der Waals surface area contributed by atoms with E-state index in [0.717, 1.165) is 17.8 Å². The summed E-state index contributed by atoms with van der Waals surface area (Å²) in [5.41, 5.74) is -1.21. The normalized spacial score (nSPS) is 28.4. The molecule has 3 rings (SSSR count). The van der Waals surface area contributed by atoms with Crippen LogP contribution in [0.3, 0.4) is 0 Å². The van der Waals surface area contributed by atoms with Crippen LogP contribution in [0.1, 0.15) is 18.1 Å². The van der Waals surface area contributed by atoms with Gasteiger partial charge in [-0.3, -0.25) is 9.59 Å². The second-order valence-electron chi connectivity index (χ2n) is 5.14. The number of carbonyl (C=O) groups is 2. The van der Waals surface area contributed by atoms with Gasteiger partial charge in [0.25, 0.3) is 0 Å². The number of ketones is 1. The first-order valence-corrected chi connectivity index (χ1v) is 7.49. The van der Waals surface area contributed by atoms with E-state index in [0.29, 0.717) is 17.1 Å². The van der Waals surface area contributed by atoms with E-state index in [2.05, 4.69) is 6.58 Å². The molecule has 4 nitrogen and oxygen atoms in total. The Labute approximate surface area is 125 Å². The Balaban J connectivity index is 2.10. The molecule has 1 aromatic rings. The SMILES string of the molecule is C=C1SC(C2(O)C(=O)Cc3ccc(F)cc32)C(=O)N1CC. The van der Waals surface area contributed by atoms with Crippen molar-refractivity contribution in [1.29, 1.82) is 0 Å². The molecular weight excluding hydrogens is 293 g/mol. The standard InChI is InChI=1S/C15H14FNO3S/c1-3-17-8(2)21-13(14(17)19)15(20)11-7-10(16)5-4-9(11)6-12(15)18/h4-5,7,13,20H,2-3,6H2,1H3. The van der Waals surface area contributed by atoms with Gasteiger partial charge in [-0.2, -0.15) is 0 Å². The Morgan fingerprint density at radius 1 is 1.52 bits per heavy atom. The molecule has 1 fully saturated rings. The average molecular weight is 307 g/mol. The highest BCUT2D eigenvalue weighted by Gasteiger charge is 2.57. The molecule has 6 heteroatoms. The quantitative estimate of drug-likeness (QED) is 0.901. The van der Waals surface area contributed by atoms with Gasteiger partial charge in [0.05, 0.1) is 5.03 Å². The van der Waals surface area contributed by atoms with Crippen LogP contribution in [0.25, 0.3) is 0 Å². The van der Waals surface area contributed by atoms with Gasteiger partial charge in [-0.05, 0) is 30.2 Å². The van der Waals surface area contributed by atoms with Crippen LogP contribution in [-0.4, -0.2) is 33.5 Å². The molecule has 0 spiro atoms. The Morgan fingerprint density at radius 3 is 2.86 bits per heavy atom. The third kappa shape index (κ3) is 1.86. The summed E-state index contributed by atoms with van der Waals surface area (Å²) in [6.45, 7) is 5.99. The van der Waals surface area contributed by atoms with Gasteiger partial charge in [0.1, 0.15) is 11.1 Å². The van der Waals surface area contributed by atoms with Crippen LogP contribution in [0.5, 0.6) is 0 Å². The van der Waals surface area contributed by atoms with E-state index in [1.807, 2.05) is 0 Å². The number of nitrogens with zero attached hydrogens (tertiary/aromatic N) is 1. The molecule has 1 heterocycles. The fourth-order valence-electron chi connectivity index (χ4n) is 2.91. The lowest BCUT2D eigenvalue weighted by Crippen LogP contribution is -2.47. The molecule has 2 aliphatic rings. The van der Waals surface area contributed by atoms with Gasteiger partial charge in [0, 0.05) is 13.0 Å². The lowest BCUT2D eigenvalue weighted by atomic mass is 9.90. The summed E-state index contributed by atoms with van der Waals surface area (Å²) >= 11 is 1.06. The van der Waals surface area contributed by atoms with Crippen molar-refractivity contribution >= 4 is 23.5 Å². The van der Waals surface area contributed by atoms with Gasteiger partial charge in [0.15, 0.2) is 11.4 Å². The molecular formula is C15H14FNO3S. The van der Waals surface area contributed by atoms with E-state index in [4.69, 9.17) is 0 Å². The number of hydrogen-bond acceptors (Lipinski definition) is 4. The minimum atomic E-state index is -1.98. The minimum absolute atomic E-state index is 0.00898. The van der Waals surface area contributed by atoms with Gasteiger partial charge in [0.2, 0.25) is 5.91 Å². The number of rotatable bonds is 2. The molecule has 1 aromatic carbocycles. The summed E-state index contributed by atoms with van der Waals surface area (Å²) in [4.78, 5) is 26.2. The van der Waals surface area contributed by atoms with E-state index in [-0.39, 0.29) is 17.9 Å². The highest BCUT2D eigenvalue weighted by atomic mass is 32.2. The van der Waals surface area contributed by atoms with Crippen LogP contribution < -0.4 is 0 Å². The average Bonchev–Trinajstić information content (AvgIpc) is 2.87. The number of carbonyl (C=O) groups excluding carboxylic acids is 2. The third-order valence-electron chi connectivity index (χ3n) is 4.00. The predicted molar refractivity (Wildman–Crippen MR) is 76.9 cm³/mol. The lowest BCUT2D eigenvalue weighted by molar-refractivity contribution is -0.143. The lowest BCUT2D eigenvalue weighted by Gasteiger charge is -2.27. The first-order valence-electron chi connectivity index (χ1n) is 6.61. The maximum Gasteiger partial charge on any atom is 0.244 e. The van der Waals surface area contributed by atoms with Crippen molar-refractivity contribution in [3.63, 3.8) is 0 Å². The molecule has 21 heavy (non-hydrogen) atoms. The maximum absolute atomic E-state index is 13.5. The van der Waals surface area contributed by atoms with Crippen LogP contribution in [-0.2, 0) is 21.6 Å². The Morgan fingerprint density at radius 2 is 2.24 bits per heavy atom. The maximum atomic E-state index is 13.5. The minimum Gasteiger partial charge on any atom is -0.376 e. The molecule has 1 N–H and O–H groups in total. The molecule has 2 unspecified atom stereocenters. The van der Waals surface area contributed by atoms with E-state index < -0.39 is 22.5 Å². The molecule has 0 radical (unpaired) electrons. The summed E-state index contributed by atoms with van der Waals surface area (Å²) in [6, 6.07) is 3.88. The van der Waals surface area contributed by atoms with Crippen molar-refractivity contribution in [3.8, 4) is 0 Å².